The Bertz CT molecular complexity index is 790. The molecule has 1 amide bonds. The molecule has 3 rings (SSSR count). The van der Waals surface area contributed by atoms with E-state index >= 15 is 0 Å². The second kappa shape index (κ2) is 9.58. The summed E-state index contributed by atoms with van der Waals surface area (Å²) in [6.45, 7) is 3.13. The molecule has 0 radical (unpaired) electrons. The van der Waals surface area contributed by atoms with E-state index in [1.165, 1.54) is 0 Å². The number of hydrogen-bond acceptors (Lipinski definition) is 2. The minimum atomic E-state index is 0.0431. The van der Waals surface area contributed by atoms with Gasteiger partial charge in [0, 0.05) is 18.9 Å². The van der Waals surface area contributed by atoms with Gasteiger partial charge in [0.25, 0.3) is 0 Å². The molecule has 0 aliphatic heterocycles. The van der Waals surface area contributed by atoms with Crippen molar-refractivity contribution in [1.29, 1.82) is 0 Å². The first-order chi connectivity index (χ1) is 13.3. The standard InChI is InChI=1S/C24H25NO2/c1-2-27-22-15-13-19(14-16-22)18-25-24(26)17-23(20-9-5-3-6-10-20)21-11-7-4-8-12-21/h3-16,23H,2,17-18H2,1H3,(H,25,26). The Hall–Kier alpha value is -3.07. The van der Waals surface area contributed by atoms with Gasteiger partial charge < -0.3 is 10.1 Å². The predicted octanol–water partition coefficient (Wildman–Crippen LogP) is 4.92. The van der Waals surface area contributed by atoms with Gasteiger partial charge in [-0.1, -0.05) is 72.8 Å². The molecule has 0 aromatic heterocycles. The maximum absolute atomic E-state index is 12.6. The highest BCUT2D eigenvalue weighted by atomic mass is 16.5. The molecule has 0 saturated heterocycles. The molecule has 1 N–H and O–H groups in total. The second-order valence-electron chi connectivity index (χ2n) is 6.43. The van der Waals surface area contributed by atoms with E-state index in [-0.39, 0.29) is 11.8 Å². The zero-order chi connectivity index (χ0) is 18.9. The molecule has 3 aromatic rings. The van der Waals surface area contributed by atoms with Crippen LogP contribution in [0.4, 0.5) is 0 Å². The van der Waals surface area contributed by atoms with Gasteiger partial charge in [0.1, 0.15) is 5.75 Å². The van der Waals surface area contributed by atoms with Gasteiger partial charge in [-0.05, 0) is 35.7 Å². The fourth-order valence-corrected chi connectivity index (χ4v) is 3.13. The molecule has 0 spiro atoms. The van der Waals surface area contributed by atoms with E-state index in [9.17, 15) is 4.79 Å². The summed E-state index contributed by atoms with van der Waals surface area (Å²) in [4.78, 5) is 12.6. The van der Waals surface area contributed by atoms with Crippen LogP contribution in [0, 0.1) is 0 Å². The number of benzene rings is 3. The minimum Gasteiger partial charge on any atom is -0.494 e. The van der Waals surface area contributed by atoms with Crippen LogP contribution in [-0.2, 0) is 11.3 Å². The van der Waals surface area contributed by atoms with E-state index in [0.29, 0.717) is 19.6 Å². The van der Waals surface area contributed by atoms with E-state index < -0.39 is 0 Å². The topological polar surface area (TPSA) is 38.3 Å². The summed E-state index contributed by atoms with van der Waals surface area (Å²) in [5.41, 5.74) is 3.36. The normalized spacial score (nSPS) is 10.6. The highest BCUT2D eigenvalue weighted by Crippen LogP contribution is 2.27. The summed E-state index contributed by atoms with van der Waals surface area (Å²) < 4.78 is 5.45. The summed E-state index contributed by atoms with van der Waals surface area (Å²) in [5, 5.41) is 3.04. The molecule has 27 heavy (non-hydrogen) atoms. The monoisotopic (exact) mass is 359 g/mol. The summed E-state index contributed by atoms with van der Waals surface area (Å²) in [6.07, 6.45) is 0.422. The lowest BCUT2D eigenvalue weighted by Gasteiger charge is -2.18. The Morgan fingerprint density at radius 3 is 1.93 bits per heavy atom. The Balaban J connectivity index is 1.64. The van der Waals surface area contributed by atoms with Gasteiger partial charge in [-0.25, -0.2) is 0 Å². The highest BCUT2D eigenvalue weighted by Gasteiger charge is 2.17. The summed E-state index contributed by atoms with van der Waals surface area (Å²) in [6, 6.07) is 28.2. The van der Waals surface area contributed by atoms with E-state index in [4.69, 9.17) is 4.74 Å². The van der Waals surface area contributed by atoms with E-state index in [2.05, 4.69) is 29.6 Å². The third kappa shape index (κ3) is 5.45. The Kier molecular flexibility index (Phi) is 6.64. The van der Waals surface area contributed by atoms with Gasteiger partial charge in [0.15, 0.2) is 0 Å². The largest absolute Gasteiger partial charge is 0.494 e. The van der Waals surface area contributed by atoms with Crippen molar-refractivity contribution in [2.45, 2.75) is 25.8 Å². The molecular weight excluding hydrogens is 334 g/mol. The van der Waals surface area contributed by atoms with Crippen LogP contribution in [0.2, 0.25) is 0 Å². The third-order valence-electron chi connectivity index (χ3n) is 4.52. The minimum absolute atomic E-state index is 0.0431. The van der Waals surface area contributed by atoms with Crippen molar-refractivity contribution in [2.24, 2.45) is 0 Å². The first-order valence-electron chi connectivity index (χ1n) is 9.34. The van der Waals surface area contributed by atoms with Gasteiger partial charge in [-0.3, -0.25) is 4.79 Å². The van der Waals surface area contributed by atoms with Crippen molar-refractivity contribution < 1.29 is 9.53 Å². The van der Waals surface area contributed by atoms with Gasteiger partial charge in [-0.15, -0.1) is 0 Å². The number of carbonyl (C=O) groups excluding carboxylic acids is 1. The van der Waals surface area contributed by atoms with Crippen molar-refractivity contribution in [3.63, 3.8) is 0 Å². The maximum atomic E-state index is 12.6. The van der Waals surface area contributed by atoms with Crippen molar-refractivity contribution in [3.05, 3.63) is 102 Å². The van der Waals surface area contributed by atoms with Crippen molar-refractivity contribution in [1.82, 2.24) is 5.32 Å². The zero-order valence-corrected chi connectivity index (χ0v) is 15.6. The number of ether oxygens (including phenoxy) is 1. The molecule has 0 unspecified atom stereocenters. The first-order valence-corrected chi connectivity index (χ1v) is 9.34. The number of carbonyl (C=O) groups is 1. The molecule has 138 valence electrons. The van der Waals surface area contributed by atoms with Crippen LogP contribution >= 0.6 is 0 Å². The first kappa shape index (κ1) is 18.7. The lowest BCUT2D eigenvalue weighted by atomic mass is 9.88. The Labute approximate surface area is 161 Å². The van der Waals surface area contributed by atoms with Crippen LogP contribution in [0.1, 0.15) is 36.0 Å². The van der Waals surface area contributed by atoms with Crippen LogP contribution in [-0.4, -0.2) is 12.5 Å². The molecule has 3 nitrogen and oxygen atoms in total. The average molecular weight is 359 g/mol. The van der Waals surface area contributed by atoms with Gasteiger partial charge in [0.05, 0.1) is 6.61 Å². The lowest BCUT2D eigenvalue weighted by Crippen LogP contribution is -2.25. The van der Waals surface area contributed by atoms with Gasteiger partial charge in [-0.2, -0.15) is 0 Å². The summed E-state index contributed by atoms with van der Waals surface area (Å²) >= 11 is 0. The second-order valence-corrected chi connectivity index (χ2v) is 6.43. The van der Waals surface area contributed by atoms with Crippen LogP contribution in [0.3, 0.4) is 0 Å². The number of nitrogens with one attached hydrogen (secondary N) is 1. The van der Waals surface area contributed by atoms with Gasteiger partial charge in [0.2, 0.25) is 5.91 Å². The zero-order valence-electron chi connectivity index (χ0n) is 15.6. The molecule has 0 fully saturated rings. The molecule has 0 aliphatic rings. The quantitative estimate of drug-likeness (QED) is 0.620. The van der Waals surface area contributed by atoms with E-state index in [1.54, 1.807) is 0 Å². The molecule has 3 aromatic carbocycles. The van der Waals surface area contributed by atoms with E-state index in [1.807, 2.05) is 67.6 Å². The Morgan fingerprint density at radius 2 is 1.41 bits per heavy atom. The highest BCUT2D eigenvalue weighted by molar-refractivity contribution is 5.77. The molecule has 0 bridgehead atoms. The summed E-state index contributed by atoms with van der Waals surface area (Å²) in [5.74, 6) is 0.940. The van der Waals surface area contributed by atoms with Crippen LogP contribution in [0.5, 0.6) is 5.75 Å². The van der Waals surface area contributed by atoms with Crippen molar-refractivity contribution >= 4 is 5.91 Å². The molecule has 0 aliphatic carbocycles. The SMILES string of the molecule is CCOc1ccc(CNC(=O)CC(c2ccccc2)c2ccccc2)cc1. The Morgan fingerprint density at radius 1 is 0.852 bits per heavy atom. The van der Waals surface area contributed by atoms with Crippen LogP contribution < -0.4 is 10.1 Å². The molecular formula is C24H25NO2. The van der Waals surface area contributed by atoms with Gasteiger partial charge >= 0.3 is 0 Å². The molecule has 0 atom stereocenters. The number of amides is 1. The fraction of sp³-hybridized carbons (Fsp3) is 0.208. The van der Waals surface area contributed by atoms with Crippen molar-refractivity contribution in [3.8, 4) is 5.75 Å². The average Bonchev–Trinajstić information content (AvgIpc) is 2.73. The van der Waals surface area contributed by atoms with Crippen LogP contribution in [0.25, 0.3) is 0 Å². The summed E-state index contributed by atoms with van der Waals surface area (Å²) in [7, 11) is 0. The van der Waals surface area contributed by atoms with Crippen LogP contribution in [0.15, 0.2) is 84.9 Å². The molecule has 0 saturated carbocycles. The smallest absolute Gasteiger partial charge is 0.221 e. The number of hydrogen-bond donors (Lipinski definition) is 1. The van der Waals surface area contributed by atoms with Crippen molar-refractivity contribution in [2.75, 3.05) is 6.61 Å². The predicted molar refractivity (Wildman–Crippen MR) is 109 cm³/mol. The lowest BCUT2D eigenvalue weighted by molar-refractivity contribution is -0.121. The third-order valence-corrected chi connectivity index (χ3v) is 4.52. The van der Waals surface area contributed by atoms with E-state index in [0.717, 1.165) is 22.4 Å². The maximum Gasteiger partial charge on any atom is 0.221 e. The fourth-order valence-electron chi connectivity index (χ4n) is 3.13. The molecule has 3 heteroatoms. The number of rotatable bonds is 8. The molecule has 0 heterocycles.